The largest absolute Gasteiger partial charge is 0.120 e. The third-order valence-electron chi connectivity index (χ3n) is 3.47. The van der Waals surface area contributed by atoms with Gasteiger partial charge in [0.1, 0.15) is 0 Å². The highest BCUT2D eigenvalue weighted by atomic mass is 14.3. The second-order valence-corrected chi connectivity index (χ2v) is 4.73. The lowest BCUT2D eigenvalue weighted by molar-refractivity contribution is 0.279. The molecule has 0 heteroatoms. The first-order valence-electron chi connectivity index (χ1n) is 6.93. The first-order chi connectivity index (χ1) is 8.20. The van der Waals surface area contributed by atoms with Crippen molar-refractivity contribution in [3.8, 4) is 12.3 Å². The van der Waals surface area contributed by atoms with Gasteiger partial charge in [0, 0.05) is 6.42 Å². The predicted molar refractivity (Wildman–Crippen MR) is 78.9 cm³/mol. The summed E-state index contributed by atoms with van der Waals surface area (Å²) in [5, 5.41) is 0. The first kappa shape index (κ1) is 16.0. The molecule has 0 aromatic heterocycles. The average molecular weight is 232 g/mol. The van der Waals surface area contributed by atoms with Crippen molar-refractivity contribution in [2.45, 2.75) is 66.2 Å². The van der Waals surface area contributed by atoms with Crippen LogP contribution in [-0.4, -0.2) is 0 Å². The van der Waals surface area contributed by atoms with Crippen molar-refractivity contribution in [3.05, 3.63) is 23.8 Å². The first-order valence-corrected chi connectivity index (χ1v) is 6.93. The second kappa shape index (κ2) is 9.11. The zero-order valence-electron chi connectivity index (χ0n) is 12.1. The molecule has 0 bridgehead atoms. The van der Waals surface area contributed by atoms with E-state index in [1.165, 1.54) is 31.3 Å². The van der Waals surface area contributed by atoms with Crippen molar-refractivity contribution in [2.75, 3.05) is 0 Å². The van der Waals surface area contributed by atoms with Gasteiger partial charge in [0.2, 0.25) is 0 Å². The van der Waals surface area contributed by atoms with Gasteiger partial charge >= 0.3 is 0 Å². The molecule has 0 amide bonds. The summed E-state index contributed by atoms with van der Waals surface area (Å²) in [6.45, 7) is 8.77. The molecule has 0 saturated carbocycles. The minimum absolute atomic E-state index is 0.303. The van der Waals surface area contributed by atoms with Gasteiger partial charge in [-0.2, -0.15) is 0 Å². The van der Waals surface area contributed by atoms with Crippen LogP contribution in [0.3, 0.4) is 0 Å². The molecule has 96 valence electrons. The molecule has 0 heterocycles. The maximum Gasteiger partial charge on any atom is 0.00945 e. The van der Waals surface area contributed by atoms with Crippen molar-refractivity contribution in [2.24, 2.45) is 5.41 Å². The fourth-order valence-electron chi connectivity index (χ4n) is 2.84. The van der Waals surface area contributed by atoms with E-state index in [1.54, 1.807) is 0 Å². The smallest absolute Gasteiger partial charge is 0.00945 e. The van der Waals surface area contributed by atoms with E-state index in [0.29, 0.717) is 5.41 Å². The minimum Gasteiger partial charge on any atom is -0.120 e. The third-order valence-corrected chi connectivity index (χ3v) is 3.47. The van der Waals surface area contributed by atoms with Gasteiger partial charge in [-0.15, -0.1) is 12.3 Å². The fourth-order valence-corrected chi connectivity index (χ4v) is 2.84. The van der Waals surface area contributed by atoms with Gasteiger partial charge < -0.3 is 0 Å². The van der Waals surface area contributed by atoms with Crippen LogP contribution in [0.2, 0.25) is 0 Å². The van der Waals surface area contributed by atoms with Crippen LogP contribution in [0.1, 0.15) is 66.2 Å². The molecular weight excluding hydrogens is 204 g/mol. The Labute approximate surface area is 108 Å². The Hall–Kier alpha value is -0.960. The van der Waals surface area contributed by atoms with Gasteiger partial charge in [-0.05, 0) is 44.1 Å². The van der Waals surface area contributed by atoms with Crippen molar-refractivity contribution in [3.63, 3.8) is 0 Å². The monoisotopic (exact) mass is 232 g/mol. The maximum absolute atomic E-state index is 5.46. The Morgan fingerprint density at radius 1 is 1.12 bits per heavy atom. The Bertz CT molecular complexity index is 280. The van der Waals surface area contributed by atoms with Crippen molar-refractivity contribution in [1.82, 2.24) is 0 Å². The molecule has 0 aromatic carbocycles. The third kappa shape index (κ3) is 4.82. The topological polar surface area (TPSA) is 0 Å². The Kier molecular flexibility index (Phi) is 8.60. The molecule has 0 spiro atoms. The molecule has 0 nitrogen and oxygen atoms in total. The Morgan fingerprint density at radius 3 is 2.06 bits per heavy atom. The summed E-state index contributed by atoms with van der Waals surface area (Å²) in [6, 6.07) is 0. The lowest BCUT2D eigenvalue weighted by Crippen LogP contribution is -2.22. The zero-order chi connectivity index (χ0) is 13.1. The van der Waals surface area contributed by atoms with Crippen LogP contribution < -0.4 is 0 Å². The highest BCUT2D eigenvalue weighted by Gasteiger charge is 2.30. The quantitative estimate of drug-likeness (QED) is 0.382. The van der Waals surface area contributed by atoms with Crippen molar-refractivity contribution in [1.29, 1.82) is 0 Å². The van der Waals surface area contributed by atoms with Crippen molar-refractivity contribution >= 4 is 0 Å². The van der Waals surface area contributed by atoms with Crippen LogP contribution in [0.25, 0.3) is 0 Å². The molecule has 17 heavy (non-hydrogen) atoms. The Balaban J connectivity index is 5.19. The number of hydrogen-bond acceptors (Lipinski definition) is 0. The molecule has 0 aromatic rings. The van der Waals surface area contributed by atoms with E-state index >= 15 is 0 Å². The van der Waals surface area contributed by atoms with E-state index in [1.807, 2.05) is 0 Å². The fraction of sp³-hybridized carbons (Fsp3) is 0.647. The van der Waals surface area contributed by atoms with Crippen LogP contribution in [0.15, 0.2) is 23.8 Å². The highest BCUT2D eigenvalue weighted by Crippen LogP contribution is 2.42. The summed E-state index contributed by atoms with van der Waals surface area (Å²) in [5.74, 6) is 2.81. The highest BCUT2D eigenvalue weighted by molar-refractivity contribution is 5.26. The summed E-state index contributed by atoms with van der Waals surface area (Å²) in [5.41, 5.74) is 1.77. The molecule has 0 atom stereocenters. The zero-order valence-corrected chi connectivity index (χ0v) is 12.1. The summed E-state index contributed by atoms with van der Waals surface area (Å²) < 4.78 is 0. The molecule has 0 rings (SSSR count). The van der Waals surface area contributed by atoms with Gasteiger partial charge in [0.25, 0.3) is 0 Å². The standard InChI is InChI=1S/C17H28/c1-6-11-15-17(13-8-3,14-9-4)16(10-5)12-7-2/h1,7,10,12H,8-9,11,13-15H2,2-5H3. The summed E-state index contributed by atoms with van der Waals surface area (Å²) >= 11 is 0. The van der Waals surface area contributed by atoms with Gasteiger partial charge in [0.05, 0.1) is 0 Å². The number of rotatable bonds is 8. The minimum atomic E-state index is 0.303. The molecule has 0 aliphatic heterocycles. The van der Waals surface area contributed by atoms with E-state index < -0.39 is 0 Å². The van der Waals surface area contributed by atoms with Crippen LogP contribution in [-0.2, 0) is 0 Å². The van der Waals surface area contributed by atoms with Gasteiger partial charge in [-0.3, -0.25) is 0 Å². The van der Waals surface area contributed by atoms with Gasteiger partial charge in [0.15, 0.2) is 0 Å². The van der Waals surface area contributed by atoms with Crippen LogP contribution in [0.4, 0.5) is 0 Å². The lowest BCUT2D eigenvalue weighted by atomic mass is 9.69. The normalized spacial score (nSPS) is 13.0. The van der Waals surface area contributed by atoms with Crippen LogP contribution >= 0.6 is 0 Å². The number of allylic oxidation sites excluding steroid dienone is 4. The number of terminal acetylenes is 1. The second-order valence-electron chi connectivity index (χ2n) is 4.73. The van der Waals surface area contributed by atoms with E-state index in [2.05, 4.69) is 51.8 Å². The Morgan fingerprint density at radius 2 is 1.71 bits per heavy atom. The van der Waals surface area contributed by atoms with E-state index in [-0.39, 0.29) is 0 Å². The molecule has 0 saturated heterocycles. The molecule has 0 aliphatic rings. The SMILES string of the molecule is C#CCCC(CCC)(CCC)C(C=CC)=CC. The summed E-state index contributed by atoms with van der Waals surface area (Å²) in [6.07, 6.45) is 19.1. The molecule has 0 fully saturated rings. The molecule has 0 radical (unpaired) electrons. The molecule has 0 N–H and O–H groups in total. The summed E-state index contributed by atoms with van der Waals surface area (Å²) in [7, 11) is 0. The number of hydrogen-bond donors (Lipinski definition) is 0. The summed E-state index contributed by atoms with van der Waals surface area (Å²) in [4.78, 5) is 0. The average Bonchev–Trinajstić information content (AvgIpc) is 2.33. The van der Waals surface area contributed by atoms with Gasteiger partial charge in [-0.1, -0.05) is 44.9 Å². The van der Waals surface area contributed by atoms with Crippen LogP contribution in [0, 0.1) is 17.8 Å². The van der Waals surface area contributed by atoms with Gasteiger partial charge in [-0.25, -0.2) is 0 Å². The van der Waals surface area contributed by atoms with Crippen molar-refractivity contribution < 1.29 is 0 Å². The maximum atomic E-state index is 5.46. The van der Waals surface area contributed by atoms with E-state index in [0.717, 1.165) is 12.8 Å². The predicted octanol–water partition coefficient (Wildman–Crippen LogP) is 5.51. The van der Waals surface area contributed by atoms with E-state index in [4.69, 9.17) is 6.42 Å². The molecule has 0 unspecified atom stereocenters. The lowest BCUT2D eigenvalue weighted by Gasteiger charge is -2.35. The van der Waals surface area contributed by atoms with E-state index in [9.17, 15) is 0 Å². The van der Waals surface area contributed by atoms with Crippen LogP contribution in [0.5, 0.6) is 0 Å². The molecular formula is C17H28. The molecule has 0 aliphatic carbocycles.